The molecule has 3 aliphatic carbocycles. The highest BCUT2D eigenvalue weighted by atomic mass is 16.3. The van der Waals surface area contributed by atoms with Gasteiger partial charge in [-0.05, 0) is 73.6 Å². The van der Waals surface area contributed by atoms with Crippen LogP contribution in [0.5, 0.6) is 0 Å². The molecular weight excluding hydrogens is 268 g/mol. The van der Waals surface area contributed by atoms with E-state index < -0.39 is 0 Å². The van der Waals surface area contributed by atoms with Gasteiger partial charge in [0.1, 0.15) is 0 Å². The molecule has 1 heteroatoms. The molecule has 0 saturated carbocycles. The van der Waals surface area contributed by atoms with Crippen LogP contribution >= 0.6 is 0 Å². The van der Waals surface area contributed by atoms with Gasteiger partial charge in [0.2, 0.25) is 0 Å². The van der Waals surface area contributed by atoms with Crippen LogP contribution in [0.25, 0.3) is 0 Å². The normalized spacial score (nSPS) is 28.0. The van der Waals surface area contributed by atoms with Gasteiger partial charge >= 0.3 is 0 Å². The maximum Gasteiger partial charge on any atom is 0.0830 e. The van der Waals surface area contributed by atoms with Gasteiger partial charge in [-0.2, -0.15) is 0 Å². The highest BCUT2D eigenvalue weighted by molar-refractivity contribution is 5.48. The minimum absolute atomic E-state index is 0.214. The Morgan fingerprint density at radius 1 is 0.864 bits per heavy atom. The molecule has 3 aliphatic rings. The first-order chi connectivity index (χ1) is 10.8. The second-order valence-electron chi connectivity index (χ2n) is 7.13. The minimum Gasteiger partial charge on any atom is -0.388 e. The zero-order chi connectivity index (χ0) is 14.9. The molecule has 2 atom stereocenters. The van der Waals surface area contributed by atoms with Crippen molar-refractivity contribution in [1.29, 1.82) is 0 Å². The number of allylic oxidation sites excluding steroid dienone is 2. The highest BCUT2D eigenvalue weighted by Gasteiger charge is 2.31. The van der Waals surface area contributed by atoms with Crippen molar-refractivity contribution in [3.05, 3.63) is 58.2 Å². The maximum atomic E-state index is 10.7. The fourth-order valence-corrected chi connectivity index (χ4v) is 4.68. The average molecular weight is 294 g/mol. The molecule has 0 fully saturated rings. The van der Waals surface area contributed by atoms with Crippen molar-refractivity contribution >= 4 is 0 Å². The Balaban J connectivity index is 1.80. The fraction of sp³-hybridized carbons (Fsp3) is 0.524. The van der Waals surface area contributed by atoms with Crippen LogP contribution < -0.4 is 0 Å². The number of aryl methyl sites for hydroxylation is 1. The van der Waals surface area contributed by atoms with Gasteiger partial charge in [-0.15, -0.1) is 0 Å². The molecule has 0 spiro atoms. The van der Waals surface area contributed by atoms with E-state index in [2.05, 4.69) is 24.3 Å². The Labute approximate surface area is 133 Å². The summed E-state index contributed by atoms with van der Waals surface area (Å²) < 4.78 is 0. The number of hydrogen-bond acceptors (Lipinski definition) is 1. The number of aliphatic hydroxyl groups is 1. The van der Waals surface area contributed by atoms with Crippen LogP contribution in [0.4, 0.5) is 0 Å². The first-order valence-electron chi connectivity index (χ1n) is 9.03. The molecular formula is C21H26O. The Morgan fingerprint density at radius 3 is 2.64 bits per heavy atom. The molecule has 0 amide bonds. The number of aliphatic hydroxyl groups excluding tert-OH is 1. The molecule has 1 nitrogen and oxygen atoms in total. The molecule has 0 bridgehead atoms. The SMILES string of the molecule is OC1C=CC2=C(CCCCC2)C1c1cccc2c1CCCC2. The van der Waals surface area contributed by atoms with Gasteiger partial charge in [0.25, 0.3) is 0 Å². The molecule has 0 saturated heterocycles. The molecule has 1 aromatic rings. The van der Waals surface area contributed by atoms with Gasteiger partial charge in [-0.25, -0.2) is 0 Å². The second kappa shape index (κ2) is 6.04. The molecule has 2 unspecified atom stereocenters. The van der Waals surface area contributed by atoms with Gasteiger partial charge < -0.3 is 5.11 Å². The lowest BCUT2D eigenvalue weighted by Crippen LogP contribution is -2.24. The predicted molar refractivity (Wildman–Crippen MR) is 91.1 cm³/mol. The summed E-state index contributed by atoms with van der Waals surface area (Å²) in [5.74, 6) is 0.214. The van der Waals surface area contributed by atoms with Gasteiger partial charge in [-0.1, -0.05) is 42.3 Å². The Morgan fingerprint density at radius 2 is 1.68 bits per heavy atom. The lowest BCUT2D eigenvalue weighted by atomic mass is 9.74. The highest BCUT2D eigenvalue weighted by Crippen LogP contribution is 2.43. The predicted octanol–water partition coefficient (Wildman–Crippen LogP) is 4.84. The van der Waals surface area contributed by atoms with Crippen molar-refractivity contribution in [3.8, 4) is 0 Å². The summed E-state index contributed by atoms with van der Waals surface area (Å²) in [6, 6.07) is 6.79. The summed E-state index contributed by atoms with van der Waals surface area (Å²) in [5, 5.41) is 10.7. The van der Waals surface area contributed by atoms with Gasteiger partial charge in [0.15, 0.2) is 0 Å². The number of rotatable bonds is 1. The van der Waals surface area contributed by atoms with E-state index in [9.17, 15) is 5.11 Å². The average Bonchev–Trinajstić information content (AvgIpc) is 2.80. The quantitative estimate of drug-likeness (QED) is 0.785. The van der Waals surface area contributed by atoms with Crippen molar-refractivity contribution in [2.24, 2.45) is 0 Å². The lowest BCUT2D eigenvalue weighted by molar-refractivity contribution is 0.198. The molecule has 22 heavy (non-hydrogen) atoms. The van der Waals surface area contributed by atoms with Crippen molar-refractivity contribution in [3.63, 3.8) is 0 Å². The van der Waals surface area contributed by atoms with Crippen LogP contribution in [-0.2, 0) is 12.8 Å². The Hall–Kier alpha value is -1.34. The smallest absolute Gasteiger partial charge is 0.0830 e. The first kappa shape index (κ1) is 14.3. The molecule has 0 heterocycles. The minimum atomic E-state index is -0.342. The largest absolute Gasteiger partial charge is 0.388 e. The van der Waals surface area contributed by atoms with E-state index in [4.69, 9.17) is 0 Å². The maximum absolute atomic E-state index is 10.7. The molecule has 1 N–H and O–H groups in total. The molecule has 0 aromatic heterocycles. The third-order valence-corrected chi connectivity index (χ3v) is 5.78. The van der Waals surface area contributed by atoms with E-state index in [-0.39, 0.29) is 12.0 Å². The van der Waals surface area contributed by atoms with E-state index in [1.165, 1.54) is 80.1 Å². The van der Waals surface area contributed by atoms with Crippen molar-refractivity contribution in [1.82, 2.24) is 0 Å². The molecule has 4 rings (SSSR count). The zero-order valence-electron chi connectivity index (χ0n) is 13.4. The van der Waals surface area contributed by atoms with Gasteiger partial charge in [0, 0.05) is 5.92 Å². The molecule has 0 aliphatic heterocycles. The van der Waals surface area contributed by atoms with Crippen LogP contribution in [0, 0.1) is 0 Å². The third kappa shape index (κ3) is 2.46. The number of benzene rings is 1. The number of hydrogen-bond donors (Lipinski definition) is 1. The fourth-order valence-electron chi connectivity index (χ4n) is 4.68. The van der Waals surface area contributed by atoms with Crippen LogP contribution in [0.3, 0.4) is 0 Å². The monoisotopic (exact) mass is 294 g/mol. The Bertz CT molecular complexity index is 623. The van der Waals surface area contributed by atoms with Gasteiger partial charge in [-0.3, -0.25) is 0 Å². The summed E-state index contributed by atoms with van der Waals surface area (Å²) >= 11 is 0. The first-order valence-corrected chi connectivity index (χ1v) is 9.03. The van der Waals surface area contributed by atoms with Crippen molar-refractivity contribution in [2.75, 3.05) is 0 Å². The summed E-state index contributed by atoms with van der Waals surface area (Å²) in [6.07, 6.45) is 15.2. The number of fused-ring (bicyclic) bond motifs is 1. The third-order valence-electron chi connectivity index (χ3n) is 5.78. The zero-order valence-corrected chi connectivity index (χ0v) is 13.4. The van der Waals surface area contributed by atoms with E-state index in [0.717, 1.165) is 0 Å². The lowest BCUT2D eigenvalue weighted by Gasteiger charge is -2.32. The van der Waals surface area contributed by atoms with Crippen LogP contribution in [0.1, 0.15) is 67.6 Å². The summed E-state index contributed by atoms with van der Waals surface area (Å²) in [6.45, 7) is 0. The van der Waals surface area contributed by atoms with Crippen molar-refractivity contribution < 1.29 is 5.11 Å². The summed E-state index contributed by atoms with van der Waals surface area (Å²) in [7, 11) is 0. The topological polar surface area (TPSA) is 20.2 Å². The van der Waals surface area contributed by atoms with E-state index in [1.54, 1.807) is 5.56 Å². The standard InChI is InChI=1S/C21H26O/c22-20-14-13-16-7-2-1-3-11-18(16)21(20)19-12-6-9-15-8-4-5-10-17(15)19/h6,9,12-14,20-22H,1-5,7-8,10-11H2. The van der Waals surface area contributed by atoms with Crippen LogP contribution in [-0.4, -0.2) is 11.2 Å². The van der Waals surface area contributed by atoms with E-state index >= 15 is 0 Å². The van der Waals surface area contributed by atoms with Crippen molar-refractivity contribution in [2.45, 2.75) is 69.8 Å². The van der Waals surface area contributed by atoms with Crippen LogP contribution in [0.2, 0.25) is 0 Å². The van der Waals surface area contributed by atoms with Gasteiger partial charge in [0.05, 0.1) is 6.10 Å². The molecule has 0 radical (unpaired) electrons. The van der Waals surface area contributed by atoms with E-state index in [1.807, 2.05) is 6.08 Å². The second-order valence-corrected chi connectivity index (χ2v) is 7.13. The summed E-state index contributed by atoms with van der Waals surface area (Å²) in [5.41, 5.74) is 7.54. The summed E-state index contributed by atoms with van der Waals surface area (Å²) in [4.78, 5) is 0. The van der Waals surface area contributed by atoms with Crippen LogP contribution in [0.15, 0.2) is 41.5 Å². The van der Waals surface area contributed by atoms with E-state index in [0.29, 0.717) is 0 Å². The molecule has 1 aromatic carbocycles. The Kier molecular flexibility index (Phi) is 3.92. The molecule has 116 valence electrons.